The molecule has 2 rings (SSSR count). The first-order valence-corrected chi connectivity index (χ1v) is 12.4. The molecule has 1 atom stereocenters. The van der Waals surface area contributed by atoms with Gasteiger partial charge in [-0.1, -0.05) is 65.0 Å². The first-order chi connectivity index (χ1) is 15.6. The van der Waals surface area contributed by atoms with Gasteiger partial charge < -0.3 is 15.0 Å². The molecular formula is C27H37BrN2O3. The summed E-state index contributed by atoms with van der Waals surface area (Å²) in [6.45, 7) is 13.2. The van der Waals surface area contributed by atoms with Crippen molar-refractivity contribution in [1.29, 1.82) is 0 Å². The SMILES string of the molecule is CCCNC(=O)[C@@H](CC)N(Cc1ccccc1C)C(=O)COc1ccc(C(C)(C)C)cc1Br. The molecule has 6 heteroatoms. The molecule has 0 bridgehead atoms. The Balaban J connectivity index is 2.24. The second-order valence-corrected chi connectivity index (χ2v) is 10.2. The van der Waals surface area contributed by atoms with Crippen LogP contribution in [0.25, 0.3) is 0 Å². The van der Waals surface area contributed by atoms with Gasteiger partial charge in [0.25, 0.3) is 5.91 Å². The Morgan fingerprint density at radius 3 is 2.39 bits per heavy atom. The highest BCUT2D eigenvalue weighted by molar-refractivity contribution is 9.10. The predicted octanol–water partition coefficient (Wildman–Crippen LogP) is 5.77. The zero-order valence-electron chi connectivity index (χ0n) is 20.7. The molecule has 33 heavy (non-hydrogen) atoms. The van der Waals surface area contributed by atoms with Gasteiger partial charge in [0.05, 0.1) is 4.47 Å². The summed E-state index contributed by atoms with van der Waals surface area (Å²) in [5.74, 6) is 0.260. The van der Waals surface area contributed by atoms with Crippen LogP contribution in [0.2, 0.25) is 0 Å². The Bertz CT molecular complexity index is 953. The zero-order valence-corrected chi connectivity index (χ0v) is 22.3. The van der Waals surface area contributed by atoms with Gasteiger partial charge >= 0.3 is 0 Å². The maximum absolute atomic E-state index is 13.4. The van der Waals surface area contributed by atoms with Crippen LogP contribution in [-0.4, -0.2) is 35.9 Å². The number of hydrogen-bond donors (Lipinski definition) is 1. The van der Waals surface area contributed by atoms with E-state index in [-0.39, 0.29) is 23.8 Å². The van der Waals surface area contributed by atoms with Gasteiger partial charge in [0.2, 0.25) is 5.91 Å². The Kier molecular flexibility index (Phi) is 9.96. The summed E-state index contributed by atoms with van der Waals surface area (Å²) in [7, 11) is 0. The van der Waals surface area contributed by atoms with Crippen LogP contribution in [0.4, 0.5) is 0 Å². The van der Waals surface area contributed by atoms with Crippen LogP contribution in [0.5, 0.6) is 5.75 Å². The second-order valence-electron chi connectivity index (χ2n) is 9.35. The second kappa shape index (κ2) is 12.2. The van der Waals surface area contributed by atoms with E-state index >= 15 is 0 Å². The standard InChI is InChI=1S/C27H37BrN2O3/c1-7-15-29-26(32)23(8-2)30(17-20-12-10-9-11-19(20)3)25(31)18-33-24-14-13-21(16-22(24)28)27(4,5)6/h9-14,16,23H,7-8,15,17-18H2,1-6H3,(H,29,32)/t23-/m1/s1. The van der Waals surface area contributed by atoms with E-state index in [4.69, 9.17) is 4.74 Å². The third-order valence-corrected chi connectivity index (χ3v) is 6.31. The van der Waals surface area contributed by atoms with Gasteiger partial charge in [0.15, 0.2) is 6.61 Å². The highest BCUT2D eigenvalue weighted by Crippen LogP contribution is 2.31. The maximum atomic E-state index is 13.4. The molecule has 0 fully saturated rings. The van der Waals surface area contributed by atoms with Gasteiger partial charge in [-0.2, -0.15) is 0 Å². The van der Waals surface area contributed by atoms with Crippen molar-refractivity contribution >= 4 is 27.7 Å². The third-order valence-electron chi connectivity index (χ3n) is 5.69. The number of nitrogens with zero attached hydrogens (tertiary/aromatic N) is 1. The number of rotatable bonds is 10. The lowest BCUT2D eigenvalue weighted by Gasteiger charge is -2.31. The Hall–Kier alpha value is -2.34. The molecule has 0 aliphatic rings. The number of halogens is 1. The molecule has 0 heterocycles. The van der Waals surface area contributed by atoms with Gasteiger partial charge in [-0.25, -0.2) is 0 Å². The largest absolute Gasteiger partial charge is 0.483 e. The van der Waals surface area contributed by atoms with Crippen molar-refractivity contribution in [1.82, 2.24) is 10.2 Å². The van der Waals surface area contributed by atoms with Crippen LogP contribution in [0, 0.1) is 6.92 Å². The highest BCUT2D eigenvalue weighted by atomic mass is 79.9. The lowest BCUT2D eigenvalue weighted by atomic mass is 9.87. The molecule has 5 nitrogen and oxygen atoms in total. The molecule has 0 radical (unpaired) electrons. The van der Waals surface area contributed by atoms with Crippen molar-refractivity contribution < 1.29 is 14.3 Å². The molecule has 0 saturated heterocycles. The highest BCUT2D eigenvalue weighted by Gasteiger charge is 2.29. The Morgan fingerprint density at radius 2 is 1.82 bits per heavy atom. The minimum Gasteiger partial charge on any atom is -0.483 e. The van der Waals surface area contributed by atoms with E-state index in [0.29, 0.717) is 25.3 Å². The maximum Gasteiger partial charge on any atom is 0.261 e. The van der Waals surface area contributed by atoms with E-state index in [1.54, 1.807) is 4.90 Å². The number of amides is 2. The number of aryl methyl sites for hydroxylation is 1. The fourth-order valence-corrected chi connectivity index (χ4v) is 4.06. The zero-order chi connectivity index (χ0) is 24.6. The molecule has 180 valence electrons. The van der Waals surface area contributed by atoms with Crippen LogP contribution in [-0.2, 0) is 21.5 Å². The number of carbonyl (C=O) groups excluding carboxylic acids is 2. The van der Waals surface area contributed by atoms with Gasteiger partial charge in [0.1, 0.15) is 11.8 Å². The average molecular weight is 518 g/mol. The molecule has 0 aliphatic heterocycles. The Morgan fingerprint density at radius 1 is 1.12 bits per heavy atom. The summed E-state index contributed by atoms with van der Waals surface area (Å²) in [5, 5.41) is 2.94. The van der Waals surface area contributed by atoms with Gasteiger partial charge in [-0.15, -0.1) is 0 Å². The first-order valence-electron chi connectivity index (χ1n) is 11.6. The quantitative estimate of drug-likeness (QED) is 0.436. The summed E-state index contributed by atoms with van der Waals surface area (Å²) >= 11 is 3.57. The van der Waals surface area contributed by atoms with Crippen LogP contribution >= 0.6 is 15.9 Å². The van der Waals surface area contributed by atoms with E-state index in [1.807, 2.05) is 63.2 Å². The van der Waals surface area contributed by atoms with Crippen molar-refractivity contribution in [3.05, 3.63) is 63.6 Å². The molecule has 0 saturated carbocycles. The van der Waals surface area contributed by atoms with Crippen LogP contribution in [0.15, 0.2) is 46.9 Å². The number of nitrogens with one attached hydrogen (secondary N) is 1. The fourth-order valence-electron chi connectivity index (χ4n) is 3.56. The van der Waals surface area contributed by atoms with Crippen LogP contribution in [0.1, 0.15) is 64.2 Å². The van der Waals surface area contributed by atoms with Gasteiger partial charge in [-0.3, -0.25) is 9.59 Å². The molecule has 1 N–H and O–H groups in total. The molecule has 2 aromatic carbocycles. The van der Waals surface area contributed by atoms with E-state index in [0.717, 1.165) is 22.0 Å². The van der Waals surface area contributed by atoms with E-state index in [9.17, 15) is 9.59 Å². The molecule has 0 aromatic heterocycles. The van der Waals surface area contributed by atoms with Gasteiger partial charge in [0, 0.05) is 13.1 Å². The predicted molar refractivity (Wildman–Crippen MR) is 137 cm³/mol. The van der Waals surface area contributed by atoms with Crippen molar-refractivity contribution in [3.63, 3.8) is 0 Å². The molecule has 0 unspecified atom stereocenters. The van der Waals surface area contributed by atoms with E-state index < -0.39 is 6.04 Å². The lowest BCUT2D eigenvalue weighted by Crippen LogP contribution is -2.50. The average Bonchev–Trinajstić information content (AvgIpc) is 2.77. The molecule has 0 aliphatic carbocycles. The summed E-state index contributed by atoms with van der Waals surface area (Å²) in [6.07, 6.45) is 1.37. The first kappa shape index (κ1) is 26.9. The molecular weight excluding hydrogens is 480 g/mol. The van der Waals surface area contributed by atoms with Crippen molar-refractivity contribution in [2.75, 3.05) is 13.2 Å². The lowest BCUT2D eigenvalue weighted by molar-refractivity contribution is -0.143. The smallest absolute Gasteiger partial charge is 0.261 e. The topological polar surface area (TPSA) is 58.6 Å². The van der Waals surface area contributed by atoms with Crippen molar-refractivity contribution in [2.45, 2.75) is 72.4 Å². The van der Waals surface area contributed by atoms with Crippen LogP contribution < -0.4 is 10.1 Å². The number of hydrogen-bond acceptors (Lipinski definition) is 3. The summed E-state index contributed by atoms with van der Waals surface area (Å²) in [6, 6.07) is 13.3. The Labute approximate surface area is 207 Å². The monoisotopic (exact) mass is 516 g/mol. The molecule has 0 spiro atoms. The number of benzene rings is 2. The summed E-state index contributed by atoms with van der Waals surface area (Å²) in [5.41, 5.74) is 3.29. The van der Waals surface area contributed by atoms with Crippen molar-refractivity contribution in [3.8, 4) is 5.75 Å². The molecule has 2 amide bonds. The number of carbonyl (C=O) groups is 2. The van der Waals surface area contributed by atoms with E-state index in [2.05, 4.69) is 42.0 Å². The fraction of sp³-hybridized carbons (Fsp3) is 0.481. The van der Waals surface area contributed by atoms with Crippen LogP contribution in [0.3, 0.4) is 0 Å². The summed E-state index contributed by atoms with van der Waals surface area (Å²) in [4.78, 5) is 27.9. The molecule has 2 aromatic rings. The van der Waals surface area contributed by atoms with E-state index in [1.165, 1.54) is 5.56 Å². The number of ether oxygens (including phenoxy) is 1. The van der Waals surface area contributed by atoms with Gasteiger partial charge in [-0.05, 0) is 69.9 Å². The normalized spacial score (nSPS) is 12.2. The minimum absolute atomic E-state index is 0.0153. The summed E-state index contributed by atoms with van der Waals surface area (Å²) < 4.78 is 6.71. The van der Waals surface area contributed by atoms with Crippen molar-refractivity contribution in [2.24, 2.45) is 0 Å². The minimum atomic E-state index is -0.557. The third kappa shape index (κ3) is 7.60.